The van der Waals surface area contributed by atoms with E-state index in [0.717, 1.165) is 24.5 Å². The van der Waals surface area contributed by atoms with Crippen LogP contribution < -0.4 is 10.2 Å². The highest BCUT2D eigenvalue weighted by Gasteiger charge is 2.21. The summed E-state index contributed by atoms with van der Waals surface area (Å²) < 4.78 is 0. The zero-order chi connectivity index (χ0) is 18.0. The number of halogens is 3. The molecule has 5 nitrogen and oxygen atoms in total. The molecule has 1 aliphatic heterocycles. The second kappa shape index (κ2) is 7.68. The van der Waals surface area contributed by atoms with Gasteiger partial charge in [-0.05, 0) is 30.5 Å². The molecule has 0 radical (unpaired) electrons. The monoisotopic (exact) mass is 399 g/mol. The van der Waals surface area contributed by atoms with E-state index in [4.69, 9.17) is 34.8 Å². The molecule has 1 aromatic carbocycles. The van der Waals surface area contributed by atoms with Gasteiger partial charge in [0.2, 0.25) is 0 Å². The summed E-state index contributed by atoms with van der Waals surface area (Å²) in [5.41, 5.74) is 0.695. The molecule has 0 unspecified atom stereocenters. The molecule has 2 aromatic rings. The molecule has 2 N–H and O–H groups in total. The van der Waals surface area contributed by atoms with Gasteiger partial charge in [0.05, 0.1) is 15.1 Å². The van der Waals surface area contributed by atoms with Crippen molar-refractivity contribution in [1.82, 2.24) is 10.3 Å². The lowest BCUT2D eigenvalue weighted by molar-refractivity contribution is 0.0948. The van der Waals surface area contributed by atoms with Crippen molar-refractivity contribution in [3.8, 4) is 5.75 Å². The standard InChI is InChI=1S/C17H16Cl3N3O2/c18-11-7-12(19)16(24)14(15(11)20)17(25)22-9-10-3-4-13(21-8-10)23-5-1-2-6-23/h3-4,7-8,24H,1-2,5-6,9H2,(H,22,25). The van der Waals surface area contributed by atoms with Crippen LogP contribution in [0.4, 0.5) is 5.82 Å². The molecule has 1 amide bonds. The van der Waals surface area contributed by atoms with Crippen LogP contribution in [0.3, 0.4) is 0 Å². The minimum Gasteiger partial charge on any atom is -0.505 e. The van der Waals surface area contributed by atoms with Crippen molar-refractivity contribution in [3.63, 3.8) is 0 Å². The fraction of sp³-hybridized carbons (Fsp3) is 0.294. The Kier molecular flexibility index (Phi) is 5.57. The van der Waals surface area contributed by atoms with Gasteiger partial charge >= 0.3 is 0 Å². The molecule has 2 heterocycles. The average Bonchev–Trinajstić information content (AvgIpc) is 3.13. The Morgan fingerprint density at radius 3 is 2.56 bits per heavy atom. The van der Waals surface area contributed by atoms with Crippen LogP contribution >= 0.6 is 34.8 Å². The van der Waals surface area contributed by atoms with Crippen molar-refractivity contribution in [2.45, 2.75) is 19.4 Å². The summed E-state index contributed by atoms with van der Waals surface area (Å²) in [6.45, 7) is 2.29. The number of phenols is 1. The van der Waals surface area contributed by atoms with Gasteiger partial charge in [0, 0.05) is 25.8 Å². The van der Waals surface area contributed by atoms with E-state index in [1.165, 1.54) is 18.9 Å². The number of nitrogens with zero attached hydrogens (tertiary/aromatic N) is 2. The maximum Gasteiger partial charge on any atom is 0.256 e. The number of hydrogen-bond acceptors (Lipinski definition) is 4. The van der Waals surface area contributed by atoms with Crippen LogP contribution in [-0.2, 0) is 6.54 Å². The quantitative estimate of drug-likeness (QED) is 0.752. The smallest absolute Gasteiger partial charge is 0.256 e. The Labute approximate surface area is 160 Å². The maximum atomic E-state index is 12.3. The third kappa shape index (κ3) is 3.94. The second-order valence-electron chi connectivity index (χ2n) is 5.78. The molecule has 0 bridgehead atoms. The minimum absolute atomic E-state index is 0.0313. The van der Waals surface area contributed by atoms with E-state index in [-0.39, 0.29) is 27.2 Å². The lowest BCUT2D eigenvalue weighted by Gasteiger charge is -2.16. The lowest BCUT2D eigenvalue weighted by atomic mass is 10.1. The van der Waals surface area contributed by atoms with Gasteiger partial charge in [-0.1, -0.05) is 40.9 Å². The maximum absolute atomic E-state index is 12.3. The van der Waals surface area contributed by atoms with Crippen molar-refractivity contribution in [3.05, 3.63) is 50.6 Å². The van der Waals surface area contributed by atoms with Gasteiger partial charge in [0.25, 0.3) is 5.91 Å². The Morgan fingerprint density at radius 1 is 1.20 bits per heavy atom. The number of carbonyl (C=O) groups is 1. The first-order valence-corrected chi connectivity index (χ1v) is 8.95. The molecule has 0 aliphatic carbocycles. The third-order valence-electron chi connectivity index (χ3n) is 4.06. The predicted octanol–water partition coefficient (Wildman–Crippen LogP) is 4.28. The number of pyridine rings is 1. The number of carbonyl (C=O) groups excluding carboxylic acids is 1. The number of aromatic nitrogens is 1. The predicted molar refractivity (Wildman–Crippen MR) is 100.0 cm³/mol. The van der Waals surface area contributed by atoms with Crippen LogP contribution in [0.1, 0.15) is 28.8 Å². The molecule has 1 saturated heterocycles. The molecule has 1 fully saturated rings. The fourth-order valence-corrected chi connectivity index (χ4v) is 3.41. The van der Waals surface area contributed by atoms with Crippen LogP contribution in [-0.4, -0.2) is 29.1 Å². The van der Waals surface area contributed by atoms with Gasteiger partial charge in [-0.15, -0.1) is 0 Å². The highest BCUT2D eigenvalue weighted by molar-refractivity contribution is 6.45. The van der Waals surface area contributed by atoms with E-state index in [1.807, 2.05) is 12.1 Å². The lowest BCUT2D eigenvalue weighted by Crippen LogP contribution is -2.24. The van der Waals surface area contributed by atoms with E-state index in [9.17, 15) is 9.90 Å². The minimum atomic E-state index is -0.560. The topological polar surface area (TPSA) is 65.5 Å². The first-order chi connectivity index (χ1) is 12.0. The molecular formula is C17H16Cl3N3O2. The molecule has 1 aliphatic rings. The fourth-order valence-electron chi connectivity index (χ4n) is 2.72. The summed E-state index contributed by atoms with van der Waals surface area (Å²) in [5.74, 6) is -0.0125. The first kappa shape index (κ1) is 18.1. The van der Waals surface area contributed by atoms with Crippen molar-refractivity contribution in [1.29, 1.82) is 0 Å². The van der Waals surface area contributed by atoms with E-state index in [2.05, 4.69) is 15.2 Å². The third-order valence-corrected chi connectivity index (χ3v) is 5.14. The number of phenolic OH excluding ortho intramolecular Hbond substituents is 1. The normalized spacial score (nSPS) is 14.0. The molecule has 25 heavy (non-hydrogen) atoms. The molecule has 3 rings (SSSR count). The molecule has 132 valence electrons. The highest BCUT2D eigenvalue weighted by Crippen LogP contribution is 2.38. The number of nitrogens with one attached hydrogen (secondary N) is 1. The van der Waals surface area contributed by atoms with Gasteiger partial charge in [0.15, 0.2) is 0 Å². The Bertz CT molecular complexity index is 764. The van der Waals surface area contributed by atoms with Crippen LogP contribution in [0.25, 0.3) is 0 Å². The van der Waals surface area contributed by atoms with Crippen molar-refractivity contribution >= 4 is 46.5 Å². The Morgan fingerprint density at radius 2 is 1.92 bits per heavy atom. The zero-order valence-electron chi connectivity index (χ0n) is 13.2. The number of hydrogen-bond donors (Lipinski definition) is 2. The summed E-state index contributed by atoms with van der Waals surface area (Å²) in [6.07, 6.45) is 4.10. The Balaban J connectivity index is 1.68. The van der Waals surface area contributed by atoms with Crippen molar-refractivity contribution < 1.29 is 9.90 Å². The van der Waals surface area contributed by atoms with Crippen LogP contribution in [0.5, 0.6) is 5.75 Å². The van der Waals surface area contributed by atoms with E-state index >= 15 is 0 Å². The first-order valence-electron chi connectivity index (χ1n) is 7.82. The van der Waals surface area contributed by atoms with Crippen LogP contribution in [0.2, 0.25) is 15.1 Å². The van der Waals surface area contributed by atoms with E-state index in [0.29, 0.717) is 0 Å². The van der Waals surface area contributed by atoms with Crippen molar-refractivity contribution in [2.75, 3.05) is 18.0 Å². The van der Waals surface area contributed by atoms with Crippen LogP contribution in [0, 0.1) is 0 Å². The number of amides is 1. The summed E-state index contributed by atoms with van der Waals surface area (Å²) >= 11 is 17.8. The molecule has 8 heteroatoms. The van der Waals surface area contributed by atoms with Gasteiger partial charge < -0.3 is 15.3 Å². The number of anilines is 1. The summed E-state index contributed by atoms with van der Waals surface area (Å²) in [6, 6.07) is 5.14. The van der Waals surface area contributed by atoms with Gasteiger partial charge in [0.1, 0.15) is 17.1 Å². The van der Waals surface area contributed by atoms with Crippen molar-refractivity contribution in [2.24, 2.45) is 0 Å². The molecule has 0 spiro atoms. The van der Waals surface area contributed by atoms with Gasteiger partial charge in [-0.2, -0.15) is 0 Å². The Hall–Kier alpha value is -1.69. The summed E-state index contributed by atoms with van der Waals surface area (Å²) in [5, 5.41) is 12.7. The summed E-state index contributed by atoms with van der Waals surface area (Å²) in [4.78, 5) is 19.0. The molecular weight excluding hydrogens is 385 g/mol. The SMILES string of the molecule is O=C(NCc1ccc(N2CCCC2)nc1)c1c(O)c(Cl)cc(Cl)c1Cl. The highest BCUT2D eigenvalue weighted by atomic mass is 35.5. The zero-order valence-corrected chi connectivity index (χ0v) is 15.5. The summed E-state index contributed by atoms with van der Waals surface area (Å²) in [7, 11) is 0. The second-order valence-corrected chi connectivity index (χ2v) is 6.97. The van der Waals surface area contributed by atoms with Gasteiger partial charge in [-0.25, -0.2) is 4.98 Å². The van der Waals surface area contributed by atoms with Crippen LogP contribution in [0.15, 0.2) is 24.4 Å². The number of benzene rings is 1. The average molecular weight is 401 g/mol. The van der Waals surface area contributed by atoms with Gasteiger partial charge in [-0.3, -0.25) is 4.79 Å². The molecule has 0 atom stereocenters. The van der Waals surface area contributed by atoms with E-state index < -0.39 is 11.7 Å². The molecule has 1 aromatic heterocycles. The number of aromatic hydroxyl groups is 1. The van der Waals surface area contributed by atoms with E-state index in [1.54, 1.807) is 6.20 Å². The molecule has 0 saturated carbocycles. The largest absolute Gasteiger partial charge is 0.505 e. The number of rotatable bonds is 4.